The quantitative estimate of drug-likeness (QED) is 0.768. The number of hydrogen-bond acceptors (Lipinski definition) is 3. The van der Waals surface area contributed by atoms with Crippen LogP contribution in [-0.4, -0.2) is 37.6 Å². The van der Waals surface area contributed by atoms with E-state index >= 15 is 0 Å². The van der Waals surface area contributed by atoms with E-state index in [9.17, 15) is 13.2 Å². The molecule has 4 saturated carbocycles. The van der Waals surface area contributed by atoms with Gasteiger partial charge in [0.25, 0.3) is 0 Å². The Balaban J connectivity index is 1.61. The van der Waals surface area contributed by atoms with E-state index < -0.39 is 15.4 Å². The van der Waals surface area contributed by atoms with Crippen LogP contribution in [0.2, 0.25) is 0 Å². The van der Waals surface area contributed by atoms with Crippen molar-refractivity contribution in [3.63, 3.8) is 0 Å². The van der Waals surface area contributed by atoms with Crippen LogP contribution >= 0.6 is 11.6 Å². The molecule has 1 N–H and O–H groups in total. The first-order valence-electron chi connectivity index (χ1n) is 9.57. The van der Waals surface area contributed by atoms with E-state index in [-0.39, 0.29) is 15.7 Å². The van der Waals surface area contributed by atoms with Gasteiger partial charge in [0, 0.05) is 24.7 Å². The van der Waals surface area contributed by atoms with Crippen LogP contribution in [0.15, 0.2) is 23.1 Å². The number of hydrogen-bond donors (Lipinski definition) is 1. The SMILES string of the molecule is Cc1ccc(NC(=O)C23CC4CC(CC(Cl)(C4)C2)C3)cc1S(=O)(=O)N(C)C. The van der Waals surface area contributed by atoms with Gasteiger partial charge in [-0.2, -0.15) is 0 Å². The normalized spacial score (nSPS) is 34.9. The third kappa shape index (κ3) is 3.19. The minimum atomic E-state index is -3.56. The van der Waals surface area contributed by atoms with Gasteiger partial charge in [-0.05, 0) is 75.0 Å². The topological polar surface area (TPSA) is 66.5 Å². The molecule has 0 saturated heterocycles. The summed E-state index contributed by atoms with van der Waals surface area (Å²) < 4.78 is 26.3. The Morgan fingerprint density at radius 2 is 1.81 bits per heavy atom. The second-order valence-corrected chi connectivity index (χ2v) is 12.0. The molecule has 0 radical (unpaired) electrons. The van der Waals surface area contributed by atoms with Gasteiger partial charge in [0.05, 0.1) is 10.3 Å². The highest BCUT2D eigenvalue weighted by Gasteiger charge is 2.60. The zero-order chi connectivity index (χ0) is 19.6. The Labute approximate surface area is 166 Å². The largest absolute Gasteiger partial charge is 0.326 e. The van der Waals surface area contributed by atoms with E-state index in [1.165, 1.54) is 24.8 Å². The molecule has 0 aromatic heterocycles. The van der Waals surface area contributed by atoms with Crippen molar-refractivity contribution in [3.05, 3.63) is 23.8 Å². The molecule has 2 atom stereocenters. The molecule has 4 fully saturated rings. The molecule has 0 heterocycles. The number of carbonyl (C=O) groups excluding carboxylic acids is 1. The predicted molar refractivity (Wildman–Crippen MR) is 106 cm³/mol. The van der Waals surface area contributed by atoms with Crippen LogP contribution in [0.1, 0.15) is 44.1 Å². The zero-order valence-electron chi connectivity index (χ0n) is 16.1. The van der Waals surface area contributed by atoms with Gasteiger partial charge in [-0.25, -0.2) is 12.7 Å². The predicted octanol–water partition coefficient (Wildman–Crippen LogP) is 3.76. The average molecular weight is 411 g/mol. The summed E-state index contributed by atoms with van der Waals surface area (Å²) in [5.74, 6) is 1.08. The lowest BCUT2D eigenvalue weighted by Crippen LogP contribution is -2.57. The molecule has 7 heteroatoms. The summed E-state index contributed by atoms with van der Waals surface area (Å²) in [5.41, 5.74) is 0.790. The molecule has 5 nitrogen and oxygen atoms in total. The smallest absolute Gasteiger partial charge is 0.242 e. The lowest BCUT2D eigenvalue weighted by Gasteiger charge is -2.59. The Morgan fingerprint density at radius 1 is 1.19 bits per heavy atom. The number of rotatable bonds is 4. The van der Waals surface area contributed by atoms with Gasteiger partial charge >= 0.3 is 0 Å². The molecule has 1 aromatic rings. The lowest BCUT2D eigenvalue weighted by atomic mass is 9.49. The standard InChI is InChI=1S/C20H27ClN2O3S/c1-13-4-5-16(7-17(13)27(25,26)23(2)3)22-18(24)19-8-14-6-15(9-19)11-20(21,10-14)12-19/h4-5,7,14-15H,6,8-12H2,1-3H3,(H,22,24). The number of amides is 1. The number of anilines is 1. The van der Waals surface area contributed by atoms with Gasteiger partial charge in [0.15, 0.2) is 0 Å². The molecule has 2 unspecified atom stereocenters. The fourth-order valence-corrected chi connectivity index (χ4v) is 7.67. The van der Waals surface area contributed by atoms with Crippen molar-refractivity contribution in [1.82, 2.24) is 4.31 Å². The summed E-state index contributed by atoms with van der Waals surface area (Å²) in [6, 6.07) is 5.09. The minimum Gasteiger partial charge on any atom is -0.326 e. The van der Waals surface area contributed by atoms with Gasteiger partial charge < -0.3 is 5.32 Å². The Kier molecular flexibility index (Phi) is 4.41. The van der Waals surface area contributed by atoms with Crippen molar-refractivity contribution in [2.24, 2.45) is 17.3 Å². The Hall–Kier alpha value is -1.11. The highest BCUT2D eigenvalue weighted by atomic mass is 35.5. The number of nitrogens with one attached hydrogen (secondary N) is 1. The van der Waals surface area contributed by atoms with Crippen molar-refractivity contribution >= 4 is 33.2 Å². The molecule has 27 heavy (non-hydrogen) atoms. The number of aryl methyl sites for hydroxylation is 1. The maximum Gasteiger partial charge on any atom is 0.242 e. The van der Waals surface area contributed by atoms with Crippen LogP contribution in [0.5, 0.6) is 0 Å². The third-order valence-corrected chi connectivity index (χ3v) is 9.08. The van der Waals surface area contributed by atoms with E-state index in [1.54, 1.807) is 25.1 Å². The first-order valence-corrected chi connectivity index (χ1v) is 11.4. The highest BCUT2D eigenvalue weighted by molar-refractivity contribution is 7.89. The van der Waals surface area contributed by atoms with Gasteiger partial charge in [0.2, 0.25) is 15.9 Å². The summed E-state index contributed by atoms with van der Waals surface area (Å²) in [4.78, 5) is 13.3. The summed E-state index contributed by atoms with van der Waals surface area (Å²) in [7, 11) is -0.541. The number of carbonyl (C=O) groups is 1. The molecule has 5 rings (SSSR count). The van der Waals surface area contributed by atoms with Gasteiger partial charge in [-0.3, -0.25) is 4.79 Å². The molecule has 0 spiro atoms. The summed E-state index contributed by atoms with van der Waals surface area (Å²) in [6.45, 7) is 1.76. The van der Waals surface area contributed by atoms with Crippen LogP contribution in [0.3, 0.4) is 0 Å². The molecule has 4 bridgehead atoms. The van der Waals surface area contributed by atoms with Crippen LogP contribution in [-0.2, 0) is 14.8 Å². The molecule has 1 amide bonds. The highest BCUT2D eigenvalue weighted by Crippen LogP contribution is 2.64. The van der Waals surface area contributed by atoms with E-state index in [4.69, 9.17) is 11.6 Å². The maximum atomic E-state index is 13.3. The number of alkyl halides is 1. The fourth-order valence-electron chi connectivity index (χ4n) is 5.83. The second kappa shape index (κ2) is 6.19. The van der Waals surface area contributed by atoms with E-state index in [0.29, 0.717) is 23.1 Å². The zero-order valence-corrected chi connectivity index (χ0v) is 17.7. The molecule has 0 aliphatic heterocycles. The molecular weight excluding hydrogens is 384 g/mol. The van der Waals surface area contributed by atoms with Crippen LogP contribution in [0.4, 0.5) is 5.69 Å². The first-order chi connectivity index (χ1) is 12.5. The van der Waals surface area contributed by atoms with Crippen molar-refractivity contribution in [2.75, 3.05) is 19.4 Å². The lowest BCUT2D eigenvalue weighted by molar-refractivity contribution is -0.138. The molecular formula is C20H27ClN2O3S. The molecule has 4 aliphatic carbocycles. The van der Waals surface area contributed by atoms with E-state index in [0.717, 1.165) is 32.1 Å². The van der Waals surface area contributed by atoms with Crippen LogP contribution in [0, 0.1) is 24.2 Å². The van der Waals surface area contributed by atoms with Crippen molar-refractivity contribution in [2.45, 2.75) is 55.2 Å². The summed E-state index contributed by atoms with van der Waals surface area (Å²) in [5, 5.41) is 3.01. The monoisotopic (exact) mass is 410 g/mol. The fraction of sp³-hybridized carbons (Fsp3) is 0.650. The van der Waals surface area contributed by atoms with Crippen molar-refractivity contribution in [3.8, 4) is 0 Å². The van der Waals surface area contributed by atoms with Crippen molar-refractivity contribution < 1.29 is 13.2 Å². The van der Waals surface area contributed by atoms with Gasteiger partial charge in [-0.15, -0.1) is 11.6 Å². The average Bonchev–Trinajstić information content (AvgIpc) is 2.54. The molecule has 4 aliphatic rings. The van der Waals surface area contributed by atoms with E-state index in [2.05, 4.69) is 5.32 Å². The van der Waals surface area contributed by atoms with Crippen LogP contribution < -0.4 is 5.32 Å². The van der Waals surface area contributed by atoms with Gasteiger partial charge in [0.1, 0.15) is 0 Å². The molecule has 1 aromatic carbocycles. The third-order valence-electron chi connectivity index (χ3n) is 6.68. The Bertz CT molecular complexity index is 882. The first kappa shape index (κ1) is 19.2. The van der Waals surface area contributed by atoms with Gasteiger partial charge in [-0.1, -0.05) is 6.07 Å². The Morgan fingerprint density at radius 3 is 2.37 bits per heavy atom. The number of sulfonamides is 1. The van der Waals surface area contributed by atoms with Crippen molar-refractivity contribution in [1.29, 1.82) is 0 Å². The number of nitrogens with zero attached hydrogens (tertiary/aromatic N) is 1. The molecule has 148 valence electrons. The van der Waals surface area contributed by atoms with E-state index in [1.807, 2.05) is 0 Å². The minimum absolute atomic E-state index is 0.00122. The summed E-state index contributed by atoms with van der Waals surface area (Å²) >= 11 is 6.84. The summed E-state index contributed by atoms with van der Waals surface area (Å²) in [6.07, 6.45) is 5.77. The maximum absolute atomic E-state index is 13.3. The van der Waals surface area contributed by atoms with Crippen LogP contribution in [0.25, 0.3) is 0 Å². The number of halogens is 1. The second-order valence-electron chi connectivity index (χ2n) is 9.11. The number of benzene rings is 1.